The van der Waals surface area contributed by atoms with Crippen molar-refractivity contribution >= 4 is 22.9 Å². The fraction of sp³-hybridized carbons (Fsp3) is 0.278. The van der Waals surface area contributed by atoms with Gasteiger partial charge in [0.05, 0.1) is 6.42 Å². The first-order valence-corrected chi connectivity index (χ1v) is 9.07. The smallest absolute Gasteiger partial charge is 0.228 e. The van der Waals surface area contributed by atoms with E-state index in [1.165, 1.54) is 6.42 Å². The number of thiophene rings is 1. The van der Waals surface area contributed by atoms with Crippen LogP contribution in [0.3, 0.4) is 0 Å². The summed E-state index contributed by atoms with van der Waals surface area (Å²) < 4.78 is 2.19. The fourth-order valence-corrected chi connectivity index (χ4v) is 3.71. The van der Waals surface area contributed by atoms with E-state index in [9.17, 15) is 4.79 Å². The van der Waals surface area contributed by atoms with Gasteiger partial charge in [-0.3, -0.25) is 4.79 Å². The van der Waals surface area contributed by atoms with Crippen LogP contribution in [0.5, 0.6) is 0 Å². The van der Waals surface area contributed by atoms with Gasteiger partial charge in [0, 0.05) is 24.2 Å². The van der Waals surface area contributed by atoms with Crippen molar-refractivity contribution in [2.75, 3.05) is 5.32 Å². The number of fused-ring (bicyclic) bond motifs is 1. The maximum absolute atomic E-state index is 12.2. The van der Waals surface area contributed by atoms with Crippen molar-refractivity contribution in [1.82, 2.24) is 14.8 Å². The number of nitrogens with zero attached hydrogens (tertiary/aromatic N) is 3. The van der Waals surface area contributed by atoms with Crippen LogP contribution in [0.4, 0.5) is 5.69 Å². The van der Waals surface area contributed by atoms with E-state index >= 15 is 0 Å². The molecule has 1 aliphatic rings. The molecular formula is C18H18N4OS. The number of aryl methyl sites for hydroxylation is 1. The summed E-state index contributed by atoms with van der Waals surface area (Å²) in [5.41, 5.74) is 2.82. The second kappa shape index (κ2) is 6.57. The number of hydrogen-bond donors (Lipinski definition) is 1. The van der Waals surface area contributed by atoms with E-state index < -0.39 is 0 Å². The molecule has 2 aromatic heterocycles. The van der Waals surface area contributed by atoms with Gasteiger partial charge in [-0.1, -0.05) is 12.1 Å². The molecule has 3 aromatic rings. The molecule has 5 nitrogen and oxygen atoms in total. The van der Waals surface area contributed by atoms with E-state index in [0.29, 0.717) is 6.42 Å². The van der Waals surface area contributed by atoms with Crippen LogP contribution in [-0.4, -0.2) is 20.7 Å². The molecule has 0 spiro atoms. The van der Waals surface area contributed by atoms with Crippen LogP contribution in [0.1, 0.15) is 24.2 Å². The summed E-state index contributed by atoms with van der Waals surface area (Å²) in [5.74, 6) is 1.94. The van der Waals surface area contributed by atoms with Crippen molar-refractivity contribution in [3.8, 4) is 11.4 Å². The molecule has 3 heterocycles. The second-order valence-corrected chi connectivity index (χ2v) is 6.77. The van der Waals surface area contributed by atoms with E-state index in [1.807, 2.05) is 41.1 Å². The zero-order valence-electron chi connectivity index (χ0n) is 13.2. The van der Waals surface area contributed by atoms with Crippen molar-refractivity contribution in [2.45, 2.75) is 32.2 Å². The van der Waals surface area contributed by atoms with Crippen LogP contribution in [0.2, 0.25) is 0 Å². The van der Waals surface area contributed by atoms with E-state index in [-0.39, 0.29) is 5.91 Å². The van der Waals surface area contributed by atoms with Crippen LogP contribution < -0.4 is 5.32 Å². The minimum Gasteiger partial charge on any atom is -0.326 e. The normalized spacial score (nSPS) is 13.5. The Kier molecular flexibility index (Phi) is 4.13. The molecule has 1 amide bonds. The van der Waals surface area contributed by atoms with Crippen molar-refractivity contribution in [3.05, 3.63) is 52.5 Å². The minimum absolute atomic E-state index is 0.00572. The zero-order chi connectivity index (χ0) is 16.4. The molecule has 0 aliphatic carbocycles. The molecule has 24 heavy (non-hydrogen) atoms. The van der Waals surface area contributed by atoms with Crippen molar-refractivity contribution in [1.29, 1.82) is 0 Å². The number of aromatic nitrogens is 3. The van der Waals surface area contributed by atoms with Crippen LogP contribution in [-0.2, 0) is 24.2 Å². The summed E-state index contributed by atoms with van der Waals surface area (Å²) in [7, 11) is 0. The Labute approximate surface area is 144 Å². The summed E-state index contributed by atoms with van der Waals surface area (Å²) in [5, 5.41) is 15.6. The lowest BCUT2D eigenvalue weighted by atomic mass is 10.1. The van der Waals surface area contributed by atoms with Crippen molar-refractivity contribution < 1.29 is 4.79 Å². The first-order valence-electron chi connectivity index (χ1n) is 8.13. The van der Waals surface area contributed by atoms with Crippen LogP contribution >= 0.6 is 11.3 Å². The third-order valence-electron chi connectivity index (χ3n) is 4.21. The van der Waals surface area contributed by atoms with Gasteiger partial charge in [-0.05, 0) is 47.4 Å². The lowest BCUT2D eigenvalue weighted by Gasteiger charge is -2.15. The van der Waals surface area contributed by atoms with Gasteiger partial charge in [0.2, 0.25) is 5.91 Å². The van der Waals surface area contributed by atoms with Gasteiger partial charge in [-0.2, -0.15) is 11.3 Å². The number of anilines is 1. The SMILES string of the molecule is O=C(Cc1ccsc1)Nc1cccc(-c2nnc3n2CCCC3)c1. The maximum Gasteiger partial charge on any atom is 0.228 e. The Morgan fingerprint density at radius 1 is 1.25 bits per heavy atom. The van der Waals surface area contributed by atoms with Crippen molar-refractivity contribution in [3.63, 3.8) is 0 Å². The zero-order valence-corrected chi connectivity index (χ0v) is 14.1. The molecule has 122 valence electrons. The van der Waals surface area contributed by atoms with Gasteiger partial charge in [0.25, 0.3) is 0 Å². The molecular weight excluding hydrogens is 320 g/mol. The number of rotatable bonds is 4. The van der Waals surface area contributed by atoms with Gasteiger partial charge >= 0.3 is 0 Å². The molecule has 6 heteroatoms. The Bertz CT molecular complexity index is 854. The molecule has 4 rings (SSSR count). The number of carbonyl (C=O) groups excluding carboxylic acids is 1. The highest BCUT2D eigenvalue weighted by Gasteiger charge is 2.17. The van der Waals surface area contributed by atoms with E-state index in [4.69, 9.17) is 0 Å². The highest BCUT2D eigenvalue weighted by molar-refractivity contribution is 7.08. The second-order valence-electron chi connectivity index (χ2n) is 5.99. The Morgan fingerprint density at radius 3 is 3.08 bits per heavy atom. The molecule has 1 aliphatic heterocycles. The lowest BCUT2D eigenvalue weighted by Crippen LogP contribution is -2.14. The molecule has 1 aromatic carbocycles. The third kappa shape index (κ3) is 3.10. The highest BCUT2D eigenvalue weighted by Crippen LogP contribution is 2.25. The monoisotopic (exact) mass is 338 g/mol. The Hall–Kier alpha value is -2.47. The first kappa shape index (κ1) is 15.1. The van der Waals surface area contributed by atoms with Crippen LogP contribution in [0.25, 0.3) is 11.4 Å². The predicted octanol–water partition coefficient (Wildman–Crippen LogP) is 3.52. The third-order valence-corrected chi connectivity index (χ3v) is 4.94. The summed E-state index contributed by atoms with van der Waals surface area (Å²) in [4.78, 5) is 12.2. The number of carbonyl (C=O) groups is 1. The number of hydrogen-bond acceptors (Lipinski definition) is 4. The standard InChI is InChI=1S/C18H18N4OS/c23-17(10-13-7-9-24-12-13)19-15-5-3-4-14(11-15)18-21-20-16-6-1-2-8-22(16)18/h3-5,7,9,11-12H,1-2,6,8,10H2,(H,19,23). The van der Waals surface area contributed by atoms with E-state index in [2.05, 4.69) is 20.1 Å². The number of nitrogens with one attached hydrogen (secondary N) is 1. The number of amides is 1. The van der Waals surface area contributed by atoms with E-state index in [1.54, 1.807) is 11.3 Å². The largest absolute Gasteiger partial charge is 0.326 e. The lowest BCUT2D eigenvalue weighted by molar-refractivity contribution is -0.115. The summed E-state index contributed by atoms with van der Waals surface area (Å²) >= 11 is 1.60. The summed E-state index contributed by atoms with van der Waals surface area (Å²) in [6.45, 7) is 0.965. The van der Waals surface area contributed by atoms with Gasteiger partial charge in [-0.25, -0.2) is 0 Å². The first-order chi connectivity index (χ1) is 11.8. The van der Waals surface area contributed by atoms with Crippen molar-refractivity contribution in [2.24, 2.45) is 0 Å². The van der Waals surface area contributed by atoms with E-state index in [0.717, 1.165) is 47.8 Å². The van der Waals surface area contributed by atoms with Crippen LogP contribution in [0.15, 0.2) is 41.1 Å². The average molecular weight is 338 g/mol. The molecule has 0 bridgehead atoms. The fourth-order valence-electron chi connectivity index (χ4n) is 3.04. The number of benzene rings is 1. The summed E-state index contributed by atoms with van der Waals surface area (Å²) in [6.07, 6.45) is 3.73. The van der Waals surface area contributed by atoms with Gasteiger partial charge in [0.1, 0.15) is 5.82 Å². The molecule has 1 N–H and O–H groups in total. The Balaban J connectivity index is 1.53. The molecule has 0 saturated carbocycles. The van der Waals surface area contributed by atoms with Gasteiger partial charge < -0.3 is 9.88 Å². The molecule has 0 fully saturated rings. The molecule has 0 atom stereocenters. The van der Waals surface area contributed by atoms with Crippen LogP contribution in [0, 0.1) is 0 Å². The predicted molar refractivity (Wildman–Crippen MR) is 95.0 cm³/mol. The molecule has 0 saturated heterocycles. The quantitative estimate of drug-likeness (QED) is 0.792. The van der Waals surface area contributed by atoms with Gasteiger partial charge in [-0.15, -0.1) is 10.2 Å². The topological polar surface area (TPSA) is 59.8 Å². The average Bonchev–Trinajstić information content (AvgIpc) is 3.24. The van der Waals surface area contributed by atoms with Gasteiger partial charge in [0.15, 0.2) is 5.82 Å². The summed E-state index contributed by atoms with van der Waals surface area (Å²) in [6, 6.07) is 9.81. The molecule has 0 radical (unpaired) electrons. The maximum atomic E-state index is 12.2. The molecule has 0 unspecified atom stereocenters. The Morgan fingerprint density at radius 2 is 2.21 bits per heavy atom. The minimum atomic E-state index is -0.00572. The highest BCUT2D eigenvalue weighted by atomic mass is 32.1.